The second-order valence-corrected chi connectivity index (χ2v) is 11.3. The van der Waals surface area contributed by atoms with E-state index >= 15 is 0 Å². The van der Waals surface area contributed by atoms with E-state index in [1.807, 2.05) is 21.7 Å². The quantitative estimate of drug-likeness (QED) is 0.654. The zero-order valence-corrected chi connectivity index (χ0v) is 20.7. The van der Waals surface area contributed by atoms with Gasteiger partial charge in [-0.05, 0) is 49.6 Å². The Morgan fingerprint density at radius 2 is 2.09 bits per heavy atom. The largest absolute Gasteiger partial charge is 0.370 e. The highest BCUT2D eigenvalue weighted by Crippen LogP contribution is 2.46. The highest BCUT2D eigenvalue weighted by Gasteiger charge is 2.39. The molecule has 0 radical (unpaired) electrons. The molecule has 3 aliphatic rings. The molecule has 4 heterocycles. The standard InChI is InChI=1S/C26H32N4O2S/c1-16(2)22-13-29(8-9-30(22)25(31)18-7-10-33-15-18)24-20(12-27)19-11-26(3,4)32-14-21(19)23(28-24)17-5-6-17/h7,10,15-17,22H,5-6,8-9,11,13-14H2,1-4H3/t22-/m0/s1. The minimum Gasteiger partial charge on any atom is -0.370 e. The molecule has 1 saturated heterocycles. The van der Waals surface area contributed by atoms with E-state index in [0.717, 1.165) is 47.5 Å². The average Bonchev–Trinajstić information content (AvgIpc) is 3.49. The Labute approximate surface area is 200 Å². The number of aromatic nitrogens is 1. The van der Waals surface area contributed by atoms with Crippen LogP contribution in [-0.2, 0) is 17.8 Å². The van der Waals surface area contributed by atoms with Crippen molar-refractivity contribution in [2.45, 2.75) is 71.1 Å². The molecule has 1 aliphatic carbocycles. The van der Waals surface area contributed by atoms with Crippen LogP contribution in [0.1, 0.15) is 79.2 Å². The first kappa shape index (κ1) is 22.4. The number of amides is 1. The number of thiophene rings is 1. The molecule has 6 nitrogen and oxygen atoms in total. The molecule has 1 atom stereocenters. The summed E-state index contributed by atoms with van der Waals surface area (Å²) in [5.74, 6) is 1.70. The van der Waals surface area contributed by atoms with Crippen LogP contribution in [0.4, 0.5) is 5.82 Å². The normalized spacial score (nSPS) is 22.2. The molecule has 1 amide bonds. The number of anilines is 1. The van der Waals surface area contributed by atoms with Crippen molar-refractivity contribution in [3.63, 3.8) is 0 Å². The van der Waals surface area contributed by atoms with Crippen LogP contribution in [0.25, 0.3) is 0 Å². The molecule has 2 aromatic heterocycles. The van der Waals surface area contributed by atoms with Crippen molar-refractivity contribution < 1.29 is 9.53 Å². The second-order valence-electron chi connectivity index (χ2n) is 10.5. The third-order valence-corrected chi connectivity index (χ3v) is 7.91. The van der Waals surface area contributed by atoms with Gasteiger partial charge in [0.1, 0.15) is 11.9 Å². The number of hydrogen-bond donors (Lipinski definition) is 0. The maximum absolute atomic E-state index is 13.2. The van der Waals surface area contributed by atoms with Gasteiger partial charge in [-0.2, -0.15) is 16.6 Å². The van der Waals surface area contributed by atoms with Crippen LogP contribution in [0, 0.1) is 17.2 Å². The number of hydrogen-bond acceptors (Lipinski definition) is 6. The number of nitrogens with zero attached hydrogens (tertiary/aromatic N) is 4. The molecule has 0 spiro atoms. The molecular weight excluding hydrogens is 432 g/mol. The molecule has 1 saturated carbocycles. The molecule has 33 heavy (non-hydrogen) atoms. The molecule has 0 N–H and O–H groups in total. The molecule has 0 aromatic carbocycles. The number of piperazine rings is 1. The van der Waals surface area contributed by atoms with Crippen LogP contribution in [0.5, 0.6) is 0 Å². The fraction of sp³-hybridized carbons (Fsp3) is 0.577. The van der Waals surface area contributed by atoms with E-state index < -0.39 is 0 Å². The first-order chi connectivity index (χ1) is 15.8. The van der Waals surface area contributed by atoms with E-state index in [1.165, 1.54) is 0 Å². The number of carbonyl (C=O) groups excluding carboxylic acids is 1. The zero-order valence-electron chi connectivity index (χ0n) is 19.9. The number of rotatable bonds is 4. The minimum atomic E-state index is -0.288. The number of pyridine rings is 1. The predicted octanol–water partition coefficient (Wildman–Crippen LogP) is 4.73. The summed E-state index contributed by atoms with van der Waals surface area (Å²) in [4.78, 5) is 22.6. The van der Waals surface area contributed by atoms with Crippen LogP contribution in [0.15, 0.2) is 16.8 Å². The van der Waals surface area contributed by atoms with Crippen molar-refractivity contribution in [1.82, 2.24) is 9.88 Å². The number of carbonyl (C=O) groups is 1. The van der Waals surface area contributed by atoms with Crippen LogP contribution in [0.2, 0.25) is 0 Å². The Kier molecular flexibility index (Phi) is 5.70. The van der Waals surface area contributed by atoms with Crippen molar-refractivity contribution in [3.8, 4) is 6.07 Å². The van der Waals surface area contributed by atoms with Crippen molar-refractivity contribution in [3.05, 3.63) is 44.8 Å². The highest BCUT2D eigenvalue weighted by molar-refractivity contribution is 7.08. The van der Waals surface area contributed by atoms with Crippen molar-refractivity contribution in [2.24, 2.45) is 5.92 Å². The van der Waals surface area contributed by atoms with Crippen molar-refractivity contribution in [1.29, 1.82) is 5.26 Å². The van der Waals surface area contributed by atoms with Gasteiger partial charge in [0.15, 0.2) is 0 Å². The molecule has 2 aliphatic heterocycles. The van der Waals surface area contributed by atoms with Gasteiger partial charge >= 0.3 is 0 Å². The van der Waals surface area contributed by atoms with Gasteiger partial charge in [-0.15, -0.1) is 0 Å². The Morgan fingerprint density at radius 1 is 1.30 bits per heavy atom. The zero-order chi connectivity index (χ0) is 23.3. The summed E-state index contributed by atoms with van der Waals surface area (Å²) in [6.45, 7) is 11.1. The van der Waals surface area contributed by atoms with Crippen LogP contribution in [0.3, 0.4) is 0 Å². The van der Waals surface area contributed by atoms with E-state index in [-0.39, 0.29) is 17.6 Å². The molecule has 5 rings (SSSR count). The SMILES string of the molecule is CC(C)[C@@H]1CN(c2nc(C3CC3)c3c(c2C#N)CC(C)(C)OC3)CCN1C(=O)c1ccsc1. The monoisotopic (exact) mass is 464 g/mol. The van der Waals surface area contributed by atoms with Gasteiger partial charge in [0, 0.05) is 42.9 Å². The van der Waals surface area contributed by atoms with E-state index in [4.69, 9.17) is 9.72 Å². The van der Waals surface area contributed by atoms with E-state index in [2.05, 4.69) is 38.7 Å². The van der Waals surface area contributed by atoms with Gasteiger partial charge in [-0.25, -0.2) is 4.98 Å². The highest BCUT2D eigenvalue weighted by atomic mass is 32.1. The van der Waals surface area contributed by atoms with Crippen molar-refractivity contribution in [2.75, 3.05) is 24.5 Å². The van der Waals surface area contributed by atoms with Crippen molar-refractivity contribution >= 4 is 23.1 Å². The third kappa shape index (κ3) is 4.15. The summed E-state index contributed by atoms with van der Waals surface area (Å²) in [5, 5.41) is 14.1. The second kappa shape index (κ2) is 8.41. The lowest BCUT2D eigenvalue weighted by molar-refractivity contribution is -0.0407. The molecular formula is C26H32N4O2S. The Balaban J connectivity index is 1.51. The van der Waals surface area contributed by atoms with Crippen LogP contribution >= 0.6 is 11.3 Å². The first-order valence-corrected chi connectivity index (χ1v) is 12.9. The lowest BCUT2D eigenvalue weighted by atomic mass is 9.87. The molecule has 0 unspecified atom stereocenters. The average molecular weight is 465 g/mol. The molecule has 2 aromatic rings. The number of fused-ring (bicyclic) bond motifs is 1. The van der Waals surface area contributed by atoms with Gasteiger partial charge in [-0.3, -0.25) is 4.79 Å². The summed E-state index contributed by atoms with van der Waals surface area (Å²) < 4.78 is 6.11. The minimum absolute atomic E-state index is 0.0691. The topological polar surface area (TPSA) is 69.5 Å². The molecule has 174 valence electrons. The smallest absolute Gasteiger partial charge is 0.255 e. The van der Waals surface area contributed by atoms with Crippen LogP contribution < -0.4 is 4.90 Å². The number of nitriles is 1. The summed E-state index contributed by atoms with van der Waals surface area (Å²) >= 11 is 1.55. The third-order valence-electron chi connectivity index (χ3n) is 7.23. The summed E-state index contributed by atoms with van der Waals surface area (Å²) in [6.07, 6.45) is 3.04. The van der Waals surface area contributed by atoms with E-state index in [9.17, 15) is 10.1 Å². The lowest BCUT2D eigenvalue weighted by Gasteiger charge is -2.44. The summed E-state index contributed by atoms with van der Waals surface area (Å²) in [6, 6.07) is 4.48. The van der Waals surface area contributed by atoms with Gasteiger partial charge in [0.2, 0.25) is 0 Å². The fourth-order valence-electron chi connectivity index (χ4n) is 5.20. The first-order valence-electron chi connectivity index (χ1n) is 12.0. The van der Waals surface area contributed by atoms with E-state index in [0.29, 0.717) is 43.6 Å². The Hall–Kier alpha value is -2.43. The Morgan fingerprint density at radius 3 is 2.73 bits per heavy atom. The number of ether oxygens (including phenoxy) is 1. The van der Waals surface area contributed by atoms with E-state index in [1.54, 1.807) is 11.3 Å². The summed E-state index contributed by atoms with van der Waals surface area (Å²) in [5.41, 5.74) is 4.58. The van der Waals surface area contributed by atoms with Gasteiger partial charge in [0.25, 0.3) is 5.91 Å². The lowest BCUT2D eigenvalue weighted by Crippen LogP contribution is -2.57. The van der Waals surface area contributed by atoms with Gasteiger partial charge in [0.05, 0.1) is 35.1 Å². The maximum Gasteiger partial charge on any atom is 0.255 e. The predicted molar refractivity (Wildman–Crippen MR) is 130 cm³/mol. The van der Waals surface area contributed by atoms with Crippen LogP contribution in [-0.4, -0.2) is 47.1 Å². The molecule has 0 bridgehead atoms. The Bertz CT molecular complexity index is 1100. The summed E-state index contributed by atoms with van der Waals surface area (Å²) in [7, 11) is 0. The molecule has 2 fully saturated rings. The maximum atomic E-state index is 13.2. The molecule has 7 heteroatoms. The fourth-order valence-corrected chi connectivity index (χ4v) is 5.83. The van der Waals surface area contributed by atoms with Gasteiger partial charge in [-0.1, -0.05) is 13.8 Å². The van der Waals surface area contributed by atoms with Gasteiger partial charge < -0.3 is 14.5 Å².